The van der Waals surface area contributed by atoms with Crippen molar-refractivity contribution in [3.05, 3.63) is 71.9 Å². The number of aromatic nitrogens is 2. The van der Waals surface area contributed by atoms with Crippen LogP contribution in [-0.2, 0) is 5.41 Å². The topological polar surface area (TPSA) is 66.9 Å². The molecule has 0 aliphatic heterocycles. The lowest BCUT2D eigenvalue weighted by Crippen LogP contribution is -2.13. The Morgan fingerprint density at radius 3 is 2.48 bits per heavy atom. The molecule has 0 bridgehead atoms. The molecule has 138 valence electrons. The maximum atomic E-state index is 11.6. The minimum Gasteiger partial charge on any atom is -0.340 e. The highest BCUT2D eigenvalue weighted by Gasteiger charge is 2.17. The Labute approximate surface area is 159 Å². The highest BCUT2D eigenvalue weighted by Crippen LogP contribution is 2.31. The molecule has 5 nitrogen and oxygen atoms in total. The number of ketones is 1. The third-order valence-electron chi connectivity index (χ3n) is 4.18. The quantitative estimate of drug-likeness (QED) is 0.591. The second-order valence-electron chi connectivity index (χ2n) is 7.45. The van der Waals surface area contributed by atoms with Gasteiger partial charge in [0.2, 0.25) is 5.95 Å². The Hall–Kier alpha value is -3.21. The fourth-order valence-corrected chi connectivity index (χ4v) is 2.82. The first-order valence-corrected chi connectivity index (χ1v) is 8.90. The maximum Gasteiger partial charge on any atom is 0.229 e. The summed E-state index contributed by atoms with van der Waals surface area (Å²) in [4.78, 5) is 20.4. The number of anilines is 4. The van der Waals surface area contributed by atoms with E-state index in [0.29, 0.717) is 17.3 Å². The number of benzene rings is 2. The van der Waals surface area contributed by atoms with E-state index in [1.54, 1.807) is 25.3 Å². The molecule has 0 fully saturated rings. The van der Waals surface area contributed by atoms with Gasteiger partial charge in [-0.05, 0) is 42.2 Å². The number of para-hydroxylation sites is 1. The summed E-state index contributed by atoms with van der Waals surface area (Å²) < 4.78 is 0. The predicted octanol–water partition coefficient (Wildman–Crippen LogP) is 5.46. The molecule has 27 heavy (non-hydrogen) atoms. The van der Waals surface area contributed by atoms with Gasteiger partial charge in [0.05, 0.1) is 0 Å². The van der Waals surface area contributed by atoms with E-state index >= 15 is 0 Å². The molecule has 0 saturated heterocycles. The highest BCUT2D eigenvalue weighted by atomic mass is 16.1. The minimum atomic E-state index is 0.0187. The molecule has 0 atom stereocenters. The van der Waals surface area contributed by atoms with Gasteiger partial charge in [-0.1, -0.05) is 51.1 Å². The normalized spacial score (nSPS) is 11.1. The van der Waals surface area contributed by atoms with Gasteiger partial charge in [-0.3, -0.25) is 4.79 Å². The Balaban J connectivity index is 1.83. The zero-order chi connectivity index (χ0) is 19.4. The van der Waals surface area contributed by atoms with Crippen molar-refractivity contribution in [2.75, 3.05) is 10.6 Å². The SMILES string of the molecule is CC(=O)c1cccc(Nc2nccc(Nc3ccccc3C(C)(C)C)n2)c1. The first-order chi connectivity index (χ1) is 12.8. The molecular formula is C22H24N4O. The molecule has 2 aromatic carbocycles. The first-order valence-electron chi connectivity index (χ1n) is 8.90. The number of Topliss-reactive ketones (excluding diaryl/α,β-unsaturated/α-hetero) is 1. The molecule has 0 aliphatic carbocycles. The highest BCUT2D eigenvalue weighted by molar-refractivity contribution is 5.95. The summed E-state index contributed by atoms with van der Waals surface area (Å²) in [6, 6.07) is 17.3. The van der Waals surface area contributed by atoms with E-state index in [-0.39, 0.29) is 11.2 Å². The second kappa shape index (κ2) is 7.58. The second-order valence-corrected chi connectivity index (χ2v) is 7.45. The van der Waals surface area contributed by atoms with Crippen LogP contribution >= 0.6 is 0 Å². The molecule has 0 spiro atoms. The lowest BCUT2D eigenvalue weighted by Gasteiger charge is -2.23. The smallest absolute Gasteiger partial charge is 0.229 e. The molecule has 2 N–H and O–H groups in total. The van der Waals surface area contributed by atoms with Gasteiger partial charge >= 0.3 is 0 Å². The van der Waals surface area contributed by atoms with Crippen LogP contribution in [0.1, 0.15) is 43.6 Å². The van der Waals surface area contributed by atoms with E-state index in [1.807, 2.05) is 36.4 Å². The van der Waals surface area contributed by atoms with Crippen molar-refractivity contribution in [2.24, 2.45) is 0 Å². The summed E-state index contributed by atoms with van der Waals surface area (Å²) in [7, 11) is 0. The van der Waals surface area contributed by atoms with Crippen LogP contribution < -0.4 is 10.6 Å². The van der Waals surface area contributed by atoms with Gasteiger partial charge in [0.15, 0.2) is 5.78 Å². The van der Waals surface area contributed by atoms with Crippen molar-refractivity contribution in [2.45, 2.75) is 33.1 Å². The summed E-state index contributed by atoms with van der Waals surface area (Å²) in [6.45, 7) is 8.10. The van der Waals surface area contributed by atoms with E-state index in [1.165, 1.54) is 5.56 Å². The number of carbonyl (C=O) groups excluding carboxylic acids is 1. The predicted molar refractivity (Wildman–Crippen MR) is 110 cm³/mol. The van der Waals surface area contributed by atoms with Crippen LogP contribution in [0.2, 0.25) is 0 Å². The van der Waals surface area contributed by atoms with Gasteiger partial charge in [-0.15, -0.1) is 0 Å². The summed E-state index contributed by atoms with van der Waals surface area (Å²) >= 11 is 0. The van der Waals surface area contributed by atoms with Crippen molar-refractivity contribution in [1.82, 2.24) is 9.97 Å². The number of carbonyl (C=O) groups is 1. The largest absolute Gasteiger partial charge is 0.340 e. The lowest BCUT2D eigenvalue weighted by molar-refractivity contribution is 0.101. The van der Waals surface area contributed by atoms with Gasteiger partial charge in [-0.25, -0.2) is 4.98 Å². The molecule has 0 unspecified atom stereocenters. The molecule has 1 heterocycles. The number of hydrogen-bond donors (Lipinski definition) is 2. The van der Waals surface area contributed by atoms with Crippen molar-refractivity contribution in [3.63, 3.8) is 0 Å². The average Bonchev–Trinajstić information content (AvgIpc) is 2.62. The summed E-state index contributed by atoms with van der Waals surface area (Å²) in [5.41, 5.74) is 3.68. The van der Waals surface area contributed by atoms with Crippen LogP contribution in [0.5, 0.6) is 0 Å². The van der Waals surface area contributed by atoms with Crippen LogP contribution in [0.25, 0.3) is 0 Å². The fourth-order valence-electron chi connectivity index (χ4n) is 2.82. The zero-order valence-electron chi connectivity index (χ0n) is 16.1. The Kier molecular flexibility index (Phi) is 5.21. The van der Waals surface area contributed by atoms with Gasteiger partial charge in [0, 0.05) is 23.1 Å². The third-order valence-corrected chi connectivity index (χ3v) is 4.18. The number of rotatable bonds is 5. The monoisotopic (exact) mass is 360 g/mol. The average molecular weight is 360 g/mol. The molecule has 1 aromatic heterocycles. The molecule has 0 aliphatic rings. The van der Waals surface area contributed by atoms with Crippen LogP contribution in [0.15, 0.2) is 60.8 Å². The van der Waals surface area contributed by atoms with Gasteiger partial charge in [-0.2, -0.15) is 4.98 Å². The molecule has 3 aromatic rings. The minimum absolute atomic E-state index is 0.0187. The van der Waals surface area contributed by atoms with Gasteiger partial charge in [0.25, 0.3) is 0 Å². The van der Waals surface area contributed by atoms with Gasteiger partial charge in [0.1, 0.15) is 5.82 Å². The number of nitrogens with zero attached hydrogens (tertiary/aromatic N) is 2. The Bertz CT molecular complexity index is 960. The van der Waals surface area contributed by atoms with Crippen molar-refractivity contribution >= 4 is 28.9 Å². The molecule has 0 saturated carbocycles. The Morgan fingerprint density at radius 1 is 0.963 bits per heavy atom. The van der Waals surface area contributed by atoms with Crippen molar-refractivity contribution < 1.29 is 4.79 Å². The van der Waals surface area contributed by atoms with Crippen molar-refractivity contribution in [1.29, 1.82) is 0 Å². The Morgan fingerprint density at radius 2 is 1.74 bits per heavy atom. The lowest BCUT2D eigenvalue weighted by atomic mass is 9.86. The maximum absolute atomic E-state index is 11.6. The number of hydrogen-bond acceptors (Lipinski definition) is 5. The molecular weight excluding hydrogens is 336 g/mol. The zero-order valence-corrected chi connectivity index (χ0v) is 16.1. The first kappa shape index (κ1) is 18.6. The van der Waals surface area contributed by atoms with E-state index < -0.39 is 0 Å². The molecule has 0 amide bonds. The van der Waals surface area contributed by atoms with Crippen LogP contribution in [0.3, 0.4) is 0 Å². The molecule has 3 rings (SSSR count). The van der Waals surface area contributed by atoms with Crippen molar-refractivity contribution in [3.8, 4) is 0 Å². The van der Waals surface area contributed by atoms with E-state index in [2.05, 4.69) is 47.4 Å². The van der Waals surface area contributed by atoms with E-state index in [4.69, 9.17) is 0 Å². The summed E-state index contributed by atoms with van der Waals surface area (Å²) in [5, 5.41) is 6.55. The van der Waals surface area contributed by atoms with E-state index in [9.17, 15) is 4.79 Å². The molecule has 0 radical (unpaired) electrons. The third kappa shape index (κ3) is 4.70. The summed E-state index contributed by atoms with van der Waals surface area (Å²) in [6.07, 6.45) is 1.70. The summed E-state index contributed by atoms with van der Waals surface area (Å²) in [5.74, 6) is 1.19. The fraction of sp³-hybridized carbons (Fsp3) is 0.227. The van der Waals surface area contributed by atoms with Crippen LogP contribution in [0, 0.1) is 0 Å². The molecule has 5 heteroatoms. The standard InChI is InChI=1S/C22H24N4O/c1-15(27)16-8-7-9-17(14-16)24-21-23-13-12-20(26-21)25-19-11-6-5-10-18(19)22(2,3)4/h5-14H,1-4H3,(H2,23,24,25,26). The van der Waals surface area contributed by atoms with E-state index in [0.717, 1.165) is 11.4 Å². The number of nitrogens with one attached hydrogen (secondary N) is 2. The van der Waals surface area contributed by atoms with Crippen LogP contribution in [0.4, 0.5) is 23.1 Å². The van der Waals surface area contributed by atoms with Crippen LogP contribution in [-0.4, -0.2) is 15.8 Å². The van der Waals surface area contributed by atoms with Gasteiger partial charge < -0.3 is 10.6 Å².